The number of hydrogen-bond acceptors (Lipinski definition) is 4. The van der Waals surface area contributed by atoms with Crippen molar-refractivity contribution in [1.82, 2.24) is 0 Å². The molecule has 0 spiro atoms. The van der Waals surface area contributed by atoms with Crippen molar-refractivity contribution in [3.8, 4) is 0 Å². The van der Waals surface area contributed by atoms with Gasteiger partial charge in [-0.2, -0.15) is 0 Å². The third-order valence-electron chi connectivity index (χ3n) is 7.20. The Hall–Kier alpha value is -1.06. The van der Waals surface area contributed by atoms with Gasteiger partial charge in [-0.3, -0.25) is 9.59 Å². The second-order valence-electron chi connectivity index (χ2n) is 10.1. The van der Waals surface area contributed by atoms with Crippen LogP contribution in [-0.4, -0.2) is 25.2 Å². The van der Waals surface area contributed by atoms with Crippen LogP contribution in [0.2, 0.25) is 0 Å². The average molecular weight is 483 g/mol. The van der Waals surface area contributed by atoms with E-state index in [1.54, 1.807) is 0 Å². The van der Waals surface area contributed by atoms with Gasteiger partial charge in [-0.15, -0.1) is 0 Å². The van der Waals surface area contributed by atoms with Gasteiger partial charge in [0.25, 0.3) is 0 Å². The second-order valence-corrected chi connectivity index (χ2v) is 10.1. The summed E-state index contributed by atoms with van der Waals surface area (Å²) >= 11 is 0. The minimum Gasteiger partial charge on any atom is -0.465 e. The predicted molar refractivity (Wildman–Crippen MR) is 144 cm³/mol. The number of esters is 2. The molecule has 0 unspecified atom stereocenters. The summed E-state index contributed by atoms with van der Waals surface area (Å²) in [5.74, 6) is -0.796. The largest absolute Gasteiger partial charge is 0.465 e. The van der Waals surface area contributed by atoms with Crippen molar-refractivity contribution in [3.05, 3.63) is 0 Å². The zero-order valence-corrected chi connectivity index (χ0v) is 23.4. The molecule has 0 bridgehead atoms. The molecule has 0 saturated heterocycles. The van der Waals surface area contributed by atoms with Crippen molar-refractivity contribution >= 4 is 11.9 Å². The molecular weight excluding hydrogens is 424 g/mol. The number of ether oxygens (including phenoxy) is 2. The van der Waals surface area contributed by atoms with Gasteiger partial charge in [0, 0.05) is 0 Å². The van der Waals surface area contributed by atoms with Crippen LogP contribution < -0.4 is 0 Å². The summed E-state index contributed by atoms with van der Waals surface area (Å²) in [4.78, 5) is 25.6. The summed E-state index contributed by atoms with van der Waals surface area (Å²) in [6.45, 7) is 9.06. The van der Waals surface area contributed by atoms with Crippen molar-refractivity contribution in [2.45, 2.75) is 163 Å². The lowest BCUT2D eigenvalue weighted by molar-refractivity contribution is -0.173. The number of unbranched alkanes of at least 4 members (excludes halogenated alkanes) is 17. The highest BCUT2D eigenvalue weighted by Gasteiger charge is 2.45. The van der Waals surface area contributed by atoms with Gasteiger partial charge in [-0.1, -0.05) is 137 Å². The Morgan fingerprint density at radius 3 is 0.971 bits per heavy atom. The van der Waals surface area contributed by atoms with Crippen molar-refractivity contribution in [3.63, 3.8) is 0 Å². The van der Waals surface area contributed by atoms with E-state index < -0.39 is 17.4 Å². The molecule has 0 amide bonds. The molecule has 0 aliphatic carbocycles. The van der Waals surface area contributed by atoms with E-state index in [1.165, 1.54) is 96.3 Å². The maximum Gasteiger partial charge on any atom is 0.323 e. The first-order valence-corrected chi connectivity index (χ1v) is 14.9. The summed E-state index contributed by atoms with van der Waals surface area (Å²) in [6, 6.07) is 0. The normalized spacial score (nSPS) is 11.5. The minimum absolute atomic E-state index is 0.398. The Morgan fingerprint density at radius 1 is 0.441 bits per heavy atom. The highest BCUT2D eigenvalue weighted by atomic mass is 16.6. The van der Waals surface area contributed by atoms with E-state index in [4.69, 9.17) is 9.47 Å². The monoisotopic (exact) mass is 482 g/mol. The Bertz CT molecular complexity index is 470. The van der Waals surface area contributed by atoms with Gasteiger partial charge in [0.15, 0.2) is 5.41 Å². The van der Waals surface area contributed by atoms with E-state index in [0.717, 1.165) is 25.7 Å². The third-order valence-corrected chi connectivity index (χ3v) is 7.20. The molecule has 0 aliphatic rings. The number of rotatable bonds is 25. The maximum absolute atomic E-state index is 12.8. The molecule has 4 nitrogen and oxygen atoms in total. The second kappa shape index (κ2) is 23.7. The predicted octanol–water partition coefficient (Wildman–Crippen LogP) is 9.33. The van der Waals surface area contributed by atoms with Crippen molar-refractivity contribution in [2.75, 3.05) is 13.2 Å². The number of carbonyl (C=O) groups excluding carboxylic acids is 2. The van der Waals surface area contributed by atoms with E-state index in [2.05, 4.69) is 13.8 Å². The molecule has 0 heterocycles. The molecule has 0 aromatic carbocycles. The van der Waals surface area contributed by atoms with Crippen molar-refractivity contribution in [1.29, 1.82) is 0 Å². The van der Waals surface area contributed by atoms with Gasteiger partial charge in [0.05, 0.1) is 13.2 Å². The summed E-state index contributed by atoms with van der Waals surface area (Å²) in [5.41, 5.74) is -1.14. The lowest BCUT2D eigenvalue weighted by Gasteiger charge is -2.27. The van der Waals surface area contributed by atoms with Crippen LogP contribution in [0.4, 0.5) is 0 Å². The van der Waals surface area contributed by atoms with Crippen LogP contribution in [-0.2, 0) is 19.1 Å². The van der Waals surface area contributed by atoms with E-state index in [0.29, 0.717) is 26.1 Å². The van der Waals surface area contributed by atoms with Crippen LogP contribution in [0, 0.1) is 5.41 Å². The smallest absolute Gasteiger partial charge is 0.323 e. The molecule has 4 heteroatoms. The Morgan fingerprint density at radius 2 is 0.706 bits per heavy atom. The molecule has 0 aliphatic heterocycles. The molecule has 0 rings (SSSR count). The first kappa shape index (κ1) is 32.9. The fraction of sp³-hybridized carbons (Fsp3) is 0.933. The Balaban J connectivity index is 3.97. The van der Waals surface area contributed by atoms with Gasteiger partial charge in [-0.05, 0) is 25.7 Å². The van der Waals surface area contributed by atoms with Crippen LogP contribution in [0.5, 0.6) is 0 Å². The van der Waals surface area contributed by atoms with E-state index in [9.17, 15) is 9.59 Å². The fourth-order valence-corrected chi connectivity index (χ4v) is 4.52. The zero-order valence-electron chi connectivity index (χ0n) is 23.4. The SMILES string of the molecule is CCCCCCCCCCCCCOC(=O)C(CC)(CC)C(=O)OCCCCCCCCCC. The quantitative estimate of drug-likeness (QED) is 0.0738. The summed E-state index contributed by atoms with van der Waals surface area (Å²) in [5, 5.41) is 0. The highest BCUT2D eigenvalue weighted by Crippen LogP contribution is 2.30. The van der Waals surface area contributed by atoms with Crippen LogP contribution >= 0.6 is 0 Å². The standard InChI is InChI=1S/C30H58O4/c1-5-9-11-13-15-17-18-19-21-23-25-27-34-29(32)30(7-3,8-4)28(31)33-26-24-22-20-16-14-12-10-6-2/h5-27H2,1-4H3. The van der Waals surface area contributed by atoms with Gasteiger partial charge in [0.1, 0.15) is 0 Å². The lowest BCUT2D eigenvalue weighted by Crippen LogP contribution is -2.41. The summed E-state index contributed by atoms with van der Waals surface area (Å²) < 4.78 is 11.1. The number of carbonyl (C=O) groups is 2. The molecule has 0 saturated carbocycles. The van der Waals surface area contributed by atoms with E-state index in [1.807, 2.05) is 13.8 Å². The molecule has 202 valence electrons. The average Bonchev–Trinajstić information content (AvgIpc) is 2.84. The van der Waals surface area contributed by atoms with Crippen LogP contribution in [0.25, 0.3) is 0 Å². The lowest BCUT2D eigenvalue weighted by atomic mass is 9.82. The summed E-state index contributed by atoms with van der Waals surface area (Å²) in [7, 11) is 0. The van der Waals surface area contributed by atoms with Crippen LogP contribution in [0.15, 0.2) is 0 Å². The minimum atomic E-state index is -1.14. The first-order valence-electron chi connectivity index (χ1n) is 14.9. The molecule has 0 fully saturated rings. The van der Waals surface area contributed by atoms with Gasteiger partial charge >= 0.3 is 11.9 Å². The molecule has 34 heavy (non-hydrogen) atoms. The molecular formula is C30H58O4. The van der Waals surface area contributed by atoms with E-state index in [-0.39, 0.29) is 0 Å². The van der Waals surface area contributed by atoms with Crippen LogP contribution in [0.1, 0.15) is 163 Å². The van der Waals surface area contributed by atoms with Crippen LogP contribution in [0.3, 0.4) is 0 Å². The zero-order chi connectivity index (χ0) is 25.3. The van der Waals surface area contributed by atoms with Crippen molar-refractivity contribution < 1.29 is 19.1 Å². The highest BCUT2D eigenvalue weighted by molar-refractivity contribution is 5.99. The number of hydrogen-bond donors (Lipinski definition) is 0. The topological polar surface area (TPSA) is 52.6 Å². The summed E-state index contributed by atoms with van der Waals surface area (Å²) in [6.07, 6.45) is 24.3. The molecule has 0 aromatic heterocycles. The van der Waals surface area contributed by atoms with Gasteiger partial charge < -0.3 is 9.47 Å². The molecule has 0 radical (unpaired) electrons. The fourth-order valence-electron chi connectivity index (χ4n) is 4.52. The first-order chi connectivity index (χ1) is 16.6. The Kier molecular flexibility index (Phi) is 22.9. The molecule has 0 aromatic rings. The third kappa shape index (κ3) is 15.8. The van der Waals surface area contributed by atoms with Gasteiger partial charge in [0.2, 0.25) is 0 Å². The van der Waals surface area contributed by atoms with E-state index >= 15 is 0 Å². The Labute approximate surface area is 212 Å². The van der Waals surface area contributed by atoms with Crippen molar-refractivity contribution in [2.24, 2.45) is 5.41 Å². The molecule has 0 N–H and O–H groups in total. The van der Waals surface area contributed by atoms with Gasteiger partial charge in [-0.25, -0.2) is 0 Å². The maximum atomic E-state index is 12.8. The molecule has 0 atom stereocenters.